The van der Waals surface area contributed by atoms with Crippen LogP contribution in [0.3, 0.4) is 0 Å². The van der Waals surface area contributed by atoms with Gasteiger partial charge in [0, 0.05) is 12.5 Å². The van der Waals surface area contributed by atoms with Crippen LogP contribution in [0.2, 0.25) is 0 Å². The fourth-order valence-electron chi connectivity index (χ4n) is 2.85. The molecule has 8 nitrogen and oxygen atoms in total. The van der Waals surface area contributed by atoms with Gasteiger partial charge in [0.15, 0.2) is 0 Å². The number of aliphatic hydroxyl groups is 2. The predicted octanol–water partition coefficient (Wildman–Crippen LogP) is -1.64. The number of nitrogens with zero attached hydrogens (tertiary/aromatic N) is 1. The Balaban J connectivity index is 2.13. The van der Waals surface area contributed by atoms with Crippen LogP contribution in [0.1, 0.15) is 27.2 Å². The van der Waals surface area contributed by atoms with Crippen LogP contribution in [0, 0.1) is 11.8 Å². The second-order valence-electron chi connectivity index (χ2n) is 5.99. The van der Waals surface area contributed by atoms with Gasteiger partial charge in [0.2, 0.25) is 18.3 Å². The number of nitrogens with one attached hydrogen (secondary N) is 2. The van der Waals surface area contributed by atoms with Crippen molar-refractivity contribution in [2.75, 3.05) is 26.4 Å². The Labute approximate surface area is 141 Å². The summed E-state index contributed by atoms with van der Waals surface area (Å²) >= 11 is 0. The van der Waals surface area contributed by atoms with Crippen LogP contribution in [0.15, 0.2) is 0 Å². The zero-order valence-corrected chi connectivity index (χ0v) is 14.3. The van der Waals surface area contributed by atoms with Crippen molar-refractivity contribution in [1.82, 2.24) is 10.6 Å². The zero-order chi connectivity index (χ0) is 17.7. The van der Waals surface area contributed by atoms with E-state index in [1.807, 2.05) is 18.4 Å². The lowest BCUT2D eigenvalue weighted by Gasteiger charge is -2.11. The van der Waals surface area contributed by atoms with E-state index >= 15 is 0 Å². The second-order valence-corrected chi connectivity index (χ2v) is 5.99. The summed E-state index contributed by atoms with van der Waals surface area (Å²) in [5.74, 6) is 5.20. The fourth-order valence-corrected chi connectivity index (χ4v) is 2.85. The van der Waals surface area contributed by atoms with Crippen molar-refractivity contribution < 1.29 is 29.1 Å². The molecule has 4 N–H and O–H groups in total. The summed E-state index contributed by atoms with van der Waals surface area (Å²) in [5.41, 5.74) is -0.764. The lowest BCUT2D eigenvalue weighted by atomic mass is 10.1. The van der Waals surface area contributed by atoms with E-state index in [4.69, 9.17) is 14.6 Å². The van der Waals surface area contributed by atoms with E-state index < -0.39 is 18.2 Å². The van der Waals surface area contributed by atoms with Crippen LogP contribution in [0.5, 0.6) is 0 Å². The van der Waals surface area contributed by atoms with Crippen LogP contribution in [0.4, 0.5) is 0 Å². The highest BCUT2D eigenvalue weighted by molar-refractivity contribution is 6.03. The lowest BCUT2D eigenvalue weighted by Crippen LogP contribution is -2.43. The lowest BCUT2D eigenvalue weighted by molar-refractivity contribution is -0.605. The first-order valence-electron chi connectivity index (χ1n) is 8.14. The molecule has 0 bridgehead atoms. The predicted molar refractivity (Wildman–Crippen MR) is 86.1 cm³/mol. The number of rotatable bonds is 5. The summed E-state index contributed by atoms with van der Waals surface area (Å²) < 4.78 is 13.5. The molecule has 1 amide bonds. The first kappa shape index (κ1) is 18.8. The minimum Gasteiger partial charge on any atom is -0.387 e. The molecule has 2 aliphatic heterocycles. The molecule has 0 saturated carbocycles. The molecule has 1 saturated heterocycles. The average Bonchev–Trinajstić information content (AvgIpc) is 3.04. The summed E-state index contributed by atoms with van der Waals surface area (Å²) in [7, 11) is 0. The van der Waals surface area contributed by atoms with E-state index in [2.05, 4.69) is 22.5 Å². The van der Waals surface area contributed by atoms with Crippen molar-refractivity contribution in [2.24, 2.45) is 0 Å². The van der Waals surface area contributed by atoms with E-state index in [0.717, 1.165) is 0 Å². The molecule has 0 aromatic carbocycles. The molecule has 0 aliphatic carbocycles. The van der Waals surface area contributed by atoms with E-state index in [1.165, 1.54) is 0 Å². The number of ether oxygens (including phenoxy) is 2. The molecule has 1 fully saturated rings. The van der Waals surface area contributed by atoms with Crippen LogP contribution in [-0.2, 0) is 14.3 Å². The smallest absolute Gasteiger partial charge is 0.278 e. The Kier molecular flexibility index (Phi) is 6.32. The van der Waals surface area contributed by atoms with Crippen molar-refractivity contribution >= 4 is 11.6 Å². The molecular weight excluding hydrogens is 314 g/mol. The van der Waals surface area contributed by atoms with Gasteiger partial charge in [-0.05, 0) is 20.8 Å². The molecule has 0 aromatic rings. The first-order chi connectivity index (χ1) is 11.4. The highest BCUT2D eigenvalue weighted by Gasteiger charge is 2.48. The molecule has 0 aromatic heterocycles. The van der Waals surface area contributed by atoms with Gasteiger partial charge in [0.1, 0.15) is 6.61 Å². The SMILES string of the molecule is CCOC1CC([N+]2=C(C#CCNC(=O)CO)C(C)(O)NC2)OC1C. The van der Waals surface area contributed by atoms with Crippen molar-refractivity contribution in [3.8, 4) is 11.8 Å². The Morgan fingerprint density at radius 3 is 3.04 bits per heavy atom. The molecule has 0 spiro atoms. The normalized spacial score (nSPS) is 32.6. The standard InChI is InChI=1S/C16H25N3O5/c1-4-23-12-8-15(24-11(12)2)19-10-18-16(3,22)13(19)6-5-7-17-14(21)9-20/h11-12,15,18,20,22H,4,7-10H2,1-3H3/p+1. The molecule has 2 rings (SSSR count). The van der Waals surface area contributed by atoms with Crippen LogP contribution >= 0.6 is 0 Å². The molecule has 2 aliphatic rings. The van der Waals surface area contributed by atoms with Gasteiger partial charge >= 0.3 is 0 Å². The second kappa shape index (κ2) is 8.05. The molecule has 4 atom stereocenters. The molecule has 2 heterocycles. The monoisotopic (exact) mass is 340 g/mol. The quantitative estimate of drug-likeness (QED) is 0.354. The maximum absolute atomic E-state index is 11.0. The number of amides is 1. The largest absolute Gasteiger partial charge is 0.387 e. The minimum atomic E-state index is -1.26. The topological polar surface area (TPSA) is 103 Å². The number of carbonyl (C=O) groups excluding carboxylic acids is 1. The number of hydrogen-bond donors (Lipinski definition) is 4. The third kappa shape index (κ3) is 4.32. The molecule has 0 radical (unpaired) electrons. The van der Waals surface area contributed by atoms with Crippen LogP contribution < -0.4 is 10.6 Å². The van der Waals surface area contributed by atoms with Crippen molar-refractivity contribution in [3.05, 3.63) is 0 Å². The van der Waals surface area contributed by atoms with Crippen molar-refractivity contribution in [3.63, 3.8) is 0 Å². The van der Waals surface area contributed by atoms with Gasteiger partial charge in [-0.1, -0.05) is 5.92 Å². The summed E-state index contributed by atoms with van der Waals surface area (Å²) in [4.78, 5) is 11.0. The molecule has 24 heavy (non-hydrogen) atoms. The van der Waals surface area contributed by atoms with Crippen molar-refractivity contribution in [1.29, 1.82) is 0 Å². The summed E-state index contributed by atoms with van der Waals surface area (Å²) in [5, 5.41) is 24.6. The first-order valence-corrected chi connectivity index (χ1v) is 8.14. The van der Waals surface area contributed by atoms with E-state index in [0.29, 0.717) is 25.4 Å². The van der Waals surface area contributed by atoms with Gasteiger partial charge in [-0.3, -0.25) is 4.79 Å². The summed E-state index contributed by atoms with van der Waals surface area (Å²) in [6, 6.07) is 0. The van der Waals surface area contributed by atoms with E-state index in [9.17, 15) is 9.90 Å². The minimum absolute atomic E-state index is 0.0172. The van der Waals surface area contributed by atoms with Gasteiger partial charge < -0.3 is 25.0 Å². The molecule has 8 heteroatoms. The van der Waals surface area contributed by atoms with E-state index in [1.54, 1.807) is 6.92 Å². The number of hydrogen-bond acceptors (Lipinski definition) is 6. The molecule has 4 unspecified atom stereocenters. The molecule has 134 valence electrons. The van der Waals surface area contributed by atoms with Gasteiger partial charge in [-0.25, -0.2) is 5.32 Å². The summed E-state index contributed by atoms with van der Waals surface area (Å²) in [6.07, 6.45) is 0.454. The Hall–Kier alpha value is -1.50. The van der Waals surface area contributed by atoms with Gasteiger partial charge in [-0.15, -0.1) is 0 Å². The third-order valence-electron chi connectivity index (χ3n) is 4.12. The van der Waals surface area contributed by atoms with Gasteiger partial charge in [-0.2, -0.15) is 4.58 Å². The fraction of sp³-hybridized carbons (Fsp3) is 0.750. The van der Waals surface area contributed by atoms with Gasteiger partial charge in [0.25, 0.3) is 11.9 Å². The zero-order valence-electron chi connectivity index (χ0n) is 14.3. The maximum atomic E-state index is 11.0. The maximum Gasteiger partial charge on any atom is 0.278 e. The third-order valence-corrected chi connectivity index (χ3v) is 4.12. The highest BCUT2D eigenvalue weighted by Crippen LogP contribution is 2.25. The Bertz CT molecular complexity index is 564. The van der Waals surface area contributed by atoms with Crippen molar-refractivity contribution in [2.45, 2.75) is 51.4 Å². The van der Waals surface area contributed by atoms with Gasteiger partial charge in [0.05, 0.1) is 25.2 Å². The number of carbonyl (C=O) groups is 1. The van der Waals surface area contributed by atoms with Crippen LogP contribution in [-0.4, -0.2) is 77.0 Å². The Morgan fingerprint density at radius 2 is 2.38 bits per heavy atom. The highest BCUT2D eigenvalue weighted by atomic mass is 16.6. The summed E-state index contributed by atoms with van der Waals surface area (Å²) in [6.45, 7) is 6.11. The average molecular weight is 340 g/mol. The molecular formula is C16H26N3O5+. The van der Waals surface area contributed by atoms with Crippen LogP contribution in [0.25, 0.3) is 0 Å². The Morgan fingerprint density at radius 1 is 1.62 bits per heavy atom. The number of aliphatic hydroxyl groups excluding tert-OH is 1. The van der Waals surface area contributed by atoms with E-state index in [-0.39, 0.29) is 25.0 Å².